The van der Waals surface area contributed by atoms with Crippen molar-refractivity contribution in [2.45, 2.75) is 37.6 Å². The number of anilines is 1. The Bertz CT molecular complexity index is 527. The Morgan fingerprint density at radius 1 is 1.08 bits per heavy atom. The highest BCUT2D eigenvalue weighted by atomic mass is 19.4. The quantitative estimate of drug-likeness (QED) is 0.676. The summed E-state index contributed by atoms with van der Waals surface area (Å²) in [5, 5.41) is 3.33. The van der Waals surface area contributed by atoms with Crippen molar-refractivity contribution >= 4 is 5.69 Å². The number of likely N-dealkylation sites (tertiary alicyclic amines) is 1. The summed E-state index contributed by atoms with van der Waals surface area (Å²) in [6.45, 7) is 4.02. The normalized spacial score (nSPS) is 16.4. The third-order valence-electron chi connectivity index (χ3n) is 4.66. The smallest absolute Gasteiger partial charge is 0.384 e. The number of nitrogens with one attached hydrogen (secondary N) is 1. The van der Waals surface area contributed by atoms with Crippen LogP contribution in [0.1, 0.15) is 31.2 Å². The van der Waals surface area contributed by atoms with Crippen LogP contribution in [0, 0.1) is 0 Å². The van der Waals surface area contributed by atoms with Gasteiger partial charge in [0.25, 0.3) is 0 Å². The van der Waals surface area contributed by atoms with Crippen LogP contribution in [-0.4, -0.2) is 51.5 Å². The van der Waals surface area contributed by atoms with Gasteiger partial charge in [-0.3, -0.25) is 0 Å². The Hall–Kier alpha value is -1.31. The molecule has 1 aromatic rings. The van der Waals surface area contributed by atoms with E-state index in [1.165, 1.54) is 27.1 Å². The van der Waals surface area contributed by atoms with Gasteiger partial charge in [0.1, 0.15) is 0 Å². The number of rotatable bonds is 9. The summed E-state index contributed by atoms with van der Waals surface area (Å²) in [6, 6.07) is 7.23. The van der Waals surface area contributed by atoms with Gasteiger partial charge in [-0.15, -0.1) is 0 Å². The first-order valence-electron chi connectivity index (χ1n) is 8.62. The van der Waals surface area contributed by atoms with E-state index in [1.54, 1.807) is 18.2 Å². The molecule has 0 atom stereocenters. The maximum atomic E-state index is 12.6. The van der Waals surface area contributed by atoms with Gasteiger partial charge in [-0.05, 0) is 38.1 Å². The lowest BCUT2D eigenvalue weighted by Crippen LogP contribution is -2.32. The molecule has 4 nitrogen and oxygen atoms in total. The van der Waals surface area contributed by atoms with Crippen molar-refractivity contribution < 1.29 is 22.6 Å². The number of nitrogens with zero attached hydrogens (tertiary/aromatic N) is 1. The molecule has 1 aliphatic heterocycles. The second-order valence-electron chi connectivity index (χ2n) is 6.33. The summed E-state index contributed by atoms with van der Waals surface area (Å²) in [4.78, 5) is 2.40. The zero-order chi connectivity index (χ0) is 18.3. The van der Waals surface area contributed by atoms with Crippen molar-refractivity contribution in [3.63, 3.8) is 0 Å². The maximum absolute atomic E-state index is 12.6. The maximum Gasteiger partial charge on any atom is 0.389 e. The number of hydrogen-bond donors (Lipinski definition) is 1. The first-order valence-corrected chi connectivity index (χ1v) is 8.62. The fourth-order valence-electron chi connectivity index (χ4n) is 3.20. The largest absolute Gasteiger partial charge is 0.389 e. The molecule has 0 bridgehead atoms. The summed E-state index contributed by atoms with van der Waals surface area (Å²) >= 11 is 0. The molecule has 1 saturated heterocycles. The average molecular weight is 360 g/mol. The van der Waals surface area contributed by atoms with Crippen molar-refractivity contribution in [3.8, 4) is 0 Å². The van der Waals surface area contributed by atoms with E-state index in [1.807, 2.05) is 6.07 Å². The molecular formula is C18H27F3N2O2. The molecule has 25 heavy (non-hydrogen) atoms. The molecular weight excluding hydrogens is 333 g/mol. The van der Waals surface area contributed by atoms with Crippen molar-refractivity contribution in [3.05, 3.63) is 29.8 Å². The van der Waals surface area contributed by atoms with Gasteiger partial charge in [-0.2, -0.15) is 13.2 Å². The van der Waals surface area contributed by atoms with Gasteiger partial charge >= 0.3 is 6.18 Å². The Labute approximate surface area is 147 Å². The number of halogens is 3. The number of alkyl halides is 3. The molecule has 1 N–H and O–H groups in total. The first kappa shape index (κ1) is 20.0. The van der Waals surface area contributed by atoms with Gasteiger partial charge in [0, 0.05) is 51.4 Å². The number of methoxy groups -OCH3 is 2. The molecule has 1 heterocycles. The van der Waals surface area contributed by atoms with Crippen LogP contribution in [0.3, 0.4) is 0 Å². The molecule has 142 valence electrons. The number of hydrogen-bond acceptors (Lipinski definition) is 4. The molecule has 0 amide bonds. The van der Waals surface area contributed by atoms with E-state index in [0.29, 0.717) is 5.56 Å². The Morgan fingerprint density at radius 2 is 1.76 bits per heavy atom. The van der Waals surface area contributed by atoms with Gasteiger partial charge in [0.05, 0.1) is 0 Å². The highest BCUT2D eigenvalue weighted by molar-refractivity contribution is 5.47. The van der Waals surface area contributed by atoms with Crippen LogP contribution < -0.4 is 5.32 Å². The Balaban J connectivity index is 2.02. The van der Waals surface area contributed by atoms with E-state index in [-0.39, 0.29) is 6.42 Å². The van der Waals surface area contributed by atoms with Gasteiger partial charge in [-0.25, -0.2) is 0 Å². The topological polar surface area (TPSA) is 33.7 Å². The summed E-state index contributed by atoms with van der Waals surface area (Å²) in [5.74, 6) is -1.40. The first-order chi connectivity index (χ1) is 11.9. The zero-order valence-corrected chi connectivity index (χ0v) is 14.9. The van der Waals surface area contributed by atoms with Crippen LogP contribution in [0.4, 0.5) is 18.9 Å². The van der Waals surface area contributed by atoms with Crippen molar-refractivity contribution in [1.82, 2.24) is 4.90 Å². The molecule has 0 spiro atoms. The van der Waals surface area contributed by atoms with Gasteiger partial charge in [0.15, 0.2) is 5.79 Å². The summed E-state index contributed by atoms with van der Waals surface area (Å²) in [7, 11) is 2.74. The molecule has 1 aliphatic rings. The summed E-state index contributed by atoms with van der Waals surface area (Å²) in [5.41, 5.74) is 1.43. The predicted octanol–water partition coefficient (Wildman–Crippen LogP) is 3.98. The van der Waals surface area contributed by atoms with Crippen LogP contribution in [-0.2, 0) is 15.3 Å². The Kier molecular flexibility index (Phi) is 7.10. The van der Waals surface area contributed by atoms with Gasteiger partial charge < -0.3 is 19.7 Å². The van der Waals surface area contributed by atoms with Crippen LogP contribution >= 0.6 is 0 Å². The summed E-state index contributed by atoms with van der Waals surface area (Å²) < 4.78 is 48.6. The third-order valence-corrected chi connectivity index (χ3v) is 4.66. The lowest BCUT2D eigenvalue weighted by molar-refractivity contribution is -0.237. The molecule has 1 aromatic carbocycles. The molecule has 0 aromatic heterocycles. The molecule has 0 unspecified atom stereocenters. The molecule has 0 radical (unpaired) electrons. The fraction of sp³-hybridized carbons (Fsp3) is 0.667. The minimum absolute atomic E-state index is 0.291. The molecule has 0 saturated carbocycles. The van der Waals surface area contributed by atoms with Gasteiger partial charge in [0.2, 0.25) is 0 Å². The second kappa shape index (κ2) is 8.87. The van der Waals surface area contributed by atoms with E-state index >= 15 is 0 Å². The lowest BCUT2D eigenvalue weighted by atomic mass is 9.99. The van der Waals surface area contributed by atoms with Crippen molar-refractivity contribution in [1.29, 1.82) is 0 Å². The molecule has 1 fully saturated rings. The van der Waals surface area contributed by atoms with E-state index in [0.717, 1.165) is 31.9 Å². The predicted molar refractivity (Wildman–Crippen MR) is 91.6 cm³/mol. The average Bonchev–Trinajstić information content (AvgIpc) is 3.09. The van der Waals surface area contributed by atoms with E-state index in [2.05, 4.69) is 10.2 Å². The fourth-order valence-corrected chi connectivity index (χ4v) is 3.20. The molecule has 7 heteroatoms. The monoisotopic (exact) mass is 360 g/mol. The number of benzene rings is 1. The van der Waals surface area contributed by atoms with Crippen LogP contribution in [0.5, 0.6) is 0 Å². The zero-order valence-electron chi connectivity index (χ0n) is 14.9. The van der Waals surface area contributed by atoms with Crippen LogP contribution in [0.15, 0.2) is 24.3 Å². The summed E-state index contributed by atoms with van der Waals surface area (Å²) in [6.07, 6.45) is -3.02. The highest BCUT2D eigenvalue weighted by Gasteiger charge is 2.38. The minimum Gasteiger partial charge on any atom is -0.384 e. The van der Waals surface area contributed by atoms with Gasteiger partial charge in [-0.1, -0.05) is 12.1 Å². The molecule has 0 aliphatic carbocycles. The van der Waals surface area contributed by atoms with E-state index < -0.39 is 18.4 Å². The lowest BCUT2D eigenvalue weighted by Gasteiger charge is -2.32. The van der Waals surface area contributed by atoms with Crippen molar-refractivity contribution in [2.75, 3.05) is 45.7 Å². The minimum atomic E-state index is -4.26. The second-order valence-corrected chi connectivity index (χ2v) is 6.33. The van der Waals surface area contributed by atoms with E-state index in [9.17, 15) is 13.2 Å². The molecule has 2 rings (SSSR count). The Morgan fingerprint density at radius 3 is 2.36 bits per heavy atom. The SMILES string of the molecule is COC(CCC(F)(F)F)(OC)c1cccc(NCCN2CCCC2)c1. The third kappa shape index (κ3) is 5.87. The highest BCUT2D eigenvalue weighted by Crippen LogP contribution is 2.36. The van der Waals surface area contributed by atoms with Crippen LogP contribution in [0.2, 0.25) is 0 Å². The number of ether oxygens (including phenoxy) is 2. The van der Waals surface area contributed by atoms with Crippen LogP contribution in [0.25, 0.3) is 0 Å². The standard InChI is InChI=1S/C18H27F3N2O2/c1-24-17(25-2,8-9-18(19,20)21)15-6-5-7-16(14-15)22-10-13-23-11-3-4-12-23/h5-7,14,22H,3-4,8-13H2,1-2H3. The van der Waals surface area contributed by atoms with Crippen molar-refractivity contribution in [2.24, 2.45) is 0 Å². The van der Waals surface area contributed by atoms with E-state index in [4.69, 9.17) is 9.47 Å².